The van der Waals surface area contributed by atoms with Gasteiger partial charge in [-0.1, -0.05) is 13.8 Å². The van der Waals surface area contributed by atoms with E-state index in [1.807, 2.05) is 0 Å². The van der Waals surface area contributed by atoms with Crippen LogP contribution in [0.4, 0.5) is 0 Å². The van der Waals surface area contributed by atoms with Gasteiger partial charge in [-0.25, -0.2) is 0 Å². The molecule has 1 aromatic heterocycles. The summed E-state index contributed by atoms with van der Waals surface area (Å²) in [6.45, 7) is 5.26. The van der Waals surface area contributed by atoms with Gasteiger partial charge in [0.05, 0.1) is 6.04 Å². The molecule has 0 aliphatic heterocycles. The number of thiophene rings is 1. The van der Waals surface area contributed by atoms with Gasteiger partial charge in [0.15, 0.2) is 0 Å². The lowest BCUT2D eigenvalue weighted by Crippen LogP contribution is -2.20. The van der Waals surface area contributed by atoms with E-state index < -0.39 is 0 Å². The van der Waals surface area contributed by atoms with Crippen molar-refractivity contribution < 1.29 is 0 Å². The first-order chi connectivity index (χ1) is 6.83. The first-order valence-corrected chi connectivity index (χ1v) is 5.94. The van der Waals surface area contributed by atoms with Crippen LogP contribution in [0.1, 0.15) is 36.8 Å². The fourth-order valence-corrected chi connectivity index (χ4v) is 2.64. The third-order valence-electron chi connectivity index (χ3n) is 2.25. The molecule has 2 heteroatoms. The lowest BCUT2D eigenvalue weighted by Gasteiger charge is -2.15. The minimum absolute atomic E-state index is 0.347. The highest BCUT2D eigenvalue weighted by molar-refractivity contribution is 7.10. The topological polar surface area (TPSA) is 12.0 Å². The highest BCUT2D eigenvalue weighted by Gasteiger charge is 2.13. The first kappa shape index (κ1) is 11.3. The summed E-state index contributed by atoms with van der Waals surface area (Å²) in [5, 5.41) is 5.58. The Morgan fingerprint density at radius 3 is 2.93 bits per heavy atom. The highest BCUT2D eigenvalue weighted by Crippen LogP contribution is 2.26. The molecule has 1 N–H and O–H groups in total. The third kappa shape index (κ3) is 2.60. The van der Waals surface area contributed by atoms with Crippen LogP contribution in [0.15, 0.2) is 11.4 Å². The Kier molecular flexibility index (Phi) is 4.72. The van der Waals surface area contributed by atoms with Crippen molar-refractivity contribution in [2.24, 2.45) is 0 Å². The maximum atomic E-state index is 5.37. The molecule has 0 spiro atoms. The van der Waals surface area contributed by atoms with Gasteiger partial charge >= 0.3 is 0 Å². The van der Waals surface area contributed by atoms with Crippen LogP contribution < -0.4 is 5.32 Å². The van der Waals surface area contributed by atoms with Gasteiger partial charge in [-0.05, 0) is 30.0 Å². The molecule has 0 radical (unpaired) electrons. The Morgan fingerprint density at radius 2 is 2.36 bits per heavy atom. The van der Waals surface area contributed by atoms with Crippen molar-refractivity contribution in [2.75, 3.05) is 6.54 Å². The van der Waals surface area contributed by atoms with E-state index in [0.717, 1.165) is 19.4 Å². The molecule has 1 nitrogen and oxygen atoms in total. The van der Waals surface area contributed by atoms with E-state index >= 15 is 0 Å². The second kappa shape index (κ2) is 5.85. The number of nitrogens with one attached hydrogen (secondary N) is 1. The maximum absolute atomic E-state index is 5.37. The number of hydrogen-bond donors (Lipinski definition) is 1. The van der Waals surface area contributed by atoms with E-state index in [9.17, 15) is 0 Å². The van der Waals surface area contributed by atoms with Crippen molar-refractivity contribution in [1.29, 1.82) is 0 Å². The van der Waals surface area contributed by atoms with Crippen LogP contribution in [0.3, 0.4) is 0 Å². The van der Waals surface area contributed by atoms with Gasteiger partial charge in [0, 0.05) is 11.3 Å². The van der Waals surface area contributed by atoms with Crippen molar-refractivity contribution in [3.05, 3.63) is 21.9 Å². The zero-order valence-corrected chi connectivity index (χ0v) is 9.66. The zero-order valence-electron chi connectivity index (χ0n) is 8.84. The lowest BCUT2D eigenvalue weighted by molar-refractivity contribution is 0.570. The van der Waals surface area contributed by atoms with Crippen LogP contribution in [0.2, 0.25) is 0 Å². The van der Waals surface area contributed by atoms with E-state index in [2.05, 4.69) is 36.5 Å². The molecule has 0 aliphatic rings. The fraction of sp³-hybridized carbons (Fsp3) is 0.500. The van der Waals surface area contributed by atoms with Crippen molar-refractivity contribution in [1.82, 2.24) is 5.32 Å². The standard InChI is InChI=1S/C12H17NS/c1-4-7-11(13-6-3)12-10(5-2)8-9-14-12/h1,8-9,11,13H,5-7H2,2-3H3. The van der Waals surface area contributed by atoms with Crippen LogP contribution in [0.25, 0.3) is 0 Å². The molecule has 0 saturated heterocycles. The van der Waals surface area contributed by atoms with Crippen LogP contribution >= 0.6 is 11.3 Å². The van der Waals surface area contributed by atoms with Gasteiger partial charge in [-0.2, -0.15) is 0 Å². The van der Waals surface area contributed by atoms with Crippen molar-refractivity contribution in [3.8, 4) is 12.3 Å². The summed E-state index contributed by atoms with van der Waals surface area (Å²) in [4.78, 5) is 1.41. The Balaban J connectivity index is 2.81. The molecule has 1 unspecified atom stereocenters. The summed E-state index contributed by atoms with van der Waals surface area (Å²) < 4.78 is 0. The lowest BCUT2D eigenvalue weighted by atomic mass is 10.1. The van der Waals surface area contributed by atoms with Crippen molar-refractivity contribution >= 4 is 11.3 Å². The van der Waals surface area contributed by atoms with E-state index in [-0.39, 0.29) is 0 Å². The van der Waals surface area contributed by atoms with Gasteiger partial charge in [-0.3, -0.25) is 0 Å². The monoisotopic (exact) mass is 207 g/mol. The van der Waals surface area contributed by atoms with Crippen molar-refractivity contribution in [3.63, 3.8) is 0 Å². The van der Waals surface area contributed by atoms with Gasteiger partial charge in [0.1, 0.15) is 0 Å². The van der Waals surface area contributed by atoms with Crippen LogP contribution in [-0.4, -0.2) is 6.54 Å². The Hall–Kier alpha value is -0.780. The van der Waals surface area contributed by atoms with E-state index in [0.29, 0.717) is 6.04 Å². The smallest absolute Gasteiger partial charge is 0.0528 e. The molecular formula is C12H17NS. The Bertz CT molecular complexity index is 308. The second-order valence-corrected chi connectivity index (χ2v) is 4.13. The molecule has 0 aromatic carbocycles. The largest absolute Gasteiger partial charge is 0.309 e. The predicted molar refractivity (Wildman–Crippen MR) is 63.6 cm³/mol. The molecule has 1 atom stereocenters. The fourth-order valence-electron chi connectivity index (χ4n) is 1.57. The van der Waals surface area contributed by atoms with Gasteiger partial charge in [-0.15, -0.1) is 23.7 Å². The average molecular weight is 207 g/mol. The molecule has 1 heterocycles. The summed E-state index contributed by atoms with van der Waals surface area (Å²) in [5.74, 6) is 2.74. The van der Waals surface area contributed by atoms with Crippen molar-refractivity contribution in [2.45, 2.75) is 32.7 Å². The maximum Gasteiger partial charge on any atom is 0.0528 e. The molecule has 0 fully saturated rings. The Morgan fingerprint density at radius 1 is 1.57 bits per heavy atom. The molecule has 14 heavy (non-hydrogen) atoms. The summed E-state index contributed by atoms with van der Waals surface area (Å²) >= 11 is 1.80. The number of rotatable bonds is 5. The molecular weight excluding hydrogens is 190 g/mol. The number of terminal acetylenes is 1. The quantitative estimate of drug-likeness (QED) is 0.732. The van der Waals surface area contributed by atoms with E-state index in [1.54, 1.807) is 11.3 Å². The summed E-state index contributed by atoms with van der Waals surface area (Å²) in [5.41, 5.74) is 1.43. The Labute approximate surface area is 90.5 Å². The summed E-state index contributed by atoms with van der Waals surface area (Å²) in [6.07, 6.45) is 7.24. The second-order valence-electron chi connectivity index (χ2n) is 3.18. The average Bonchev–Trinajstić information content (AvgIpc) is 2.65. The van der Waals surface area contributed by atoms with Crippen LogP contribution in [-0.2, 0) is 6.42 Å². The van der Waals surface area contributed by atoms with Crippen LogP contribution in [0.5, 0.6) is 0 Å². The van der Waals surface area contributed by atoms with Gasteiger partial charge in [0.25, 0.3) is 0 Å². The molecule has 0 saturated carbocycles. The summed E-state index contributed by atoms with van der Waals surface area (Å²) in [7, 11) is 0. The normalized spacial score (nSPS) is 12.4. The minimum Gasteiger partial charge on any atom is -0.309 e. The van der Waals surface area contributed by atoms with Gasteiger partial charge < -0.3 is 5.32 Å². The van der Waals surface area contributed by atoms with E-state index in [1.165, 1.54) is 10.4 Å². The molecule has 1 rings (SSSR count). The van der Waals surface area contributed by atoms with Gasteiger partial charge in [0.2, 0.25) is 0 Å². The molecule has 0 amide bonds. The molecule has 0 aliphatic carbocycles. The molecule has 76 valence electrons. The molecule has 1 aromatic rings. The number of hydrogen-bond acceptors (Lipinski definition) is 2. The highest BCUT2D eigenvalue weighted by atomic mass is 32.1. The first-order valence-electron chi connectivity index (χ1n) is 5.06. The van der Waals surface area contributed by atoms with E-state index in [4.69, 9.17) is 6.42 Å². The predicted octanol–water partition coefficient (Wildman–Crippen LogP) is 2.98. The van der Waals surface area contributed by atoms with Crippen LogP contribution in [0, 0.1) is 12.3 Å². The number of aryl methyl sites for hydroxylation is 1. The molecule has 0 bridgehead atoms. The third-order valence-corrected chi connectivity index (χ3v) is 3.32. The summed E-state index contributed by atoms with van der Waals surface area (Å²) in [6, 6.07) is 2.54. The zero-order chi connectivity index (χ0) is 10.4. The minimum atomic E-state index is 0.347. The SMILES string of the molecule is C#CCC(NCC)c1sccc1CC.